The van der Waals surface area contributed by atoms with E-state index in [0.717, 1.165) is 0 Å². The summed E-state index contributed by atoms with van der Waals surface area (Å²) in [7, 11) is 0. The lowest BCUT2D eigenvalue weighted by molar-refractivity contribution is -0.0568. The molecular weight excluding hydrogens is 350 g/mol. The Morgan fingerprint density at radius 3 is 2.63 bits per heavy atom. The number of phenolic OH excluding ortho intramolecular Hbond substituents is 1. The van der Waals surface area contributed by atoms with Gasteiger partial charge in [-0.15, -0.1) is 0 Å². The average molecular weight is 375 g/mol. The number of rotatable bonds is 3. The molecule has 1 amide bonds. The molecule has 0 aliphatic carbocycles. The summed E-state index contributed by atoms with van der Waals surface area (Å²) in [6, 6.07) is 4.71. The number of amides is 1. The van der Waals surface area contributed by atoms with E-state index in [1.54, 1.807) is 17.0 Å². The third kappa shape index (κ3) is 4.97. The van der Waals surface area contributed by atoms with Crippen LogP contribution < -0.4 is 4.74 Å². The van der Waals surface area contributed by atoms with Gasteiger partial charge in [-0.2, -0.15) is 0 Å². The summed E-state index contributed by atoms with van der Waals surface area (Å²) in [6.45, 7) is 6.31. The molecule has 1 fully saturated rings. The number of nitrogens with zero attached hydrogens (tertiary/aromatic N) is 3. The zero-order valence-electron chi connectivity index (χ0n) is 15.8. The van der Waals surface area contributed by atoms with Gasteiger partial charge in [-0.05, 0) is 45.7 Å². The van der Waals surface area contributed by atoms with Crippen molar-refractivity contribution < 1.29 is 24.5 Å². The van der Waals surface area contributed by atoms with E-state index in [1.807, 2.05) is 20.8 Å². The molecule has 146 valence electrons. The Hall–Kier alpha value is -2.61. The molecular formula is C19H25N3O5. The predicted octanol–water partition coefficient (Wildman–Crippen LogP) is 2.48. The van der Waals surface area contributed by atoms with E-state index >= 15 is 0 Å². The lowest BCUT2D eigenvalue weighted by Gasteiger charge is -2.38. The minimum atomic E-state index is -1.05. The molecule has 1 aromatic carbocycles. The van der Waals surface area contributed by atoms with E-state index in [9.17, 15) is 15.0 Å². The van der Waals surface area contributed by atoms with Gasteiger partial charge in [0.15, 0.2) is 0 Å². The number of piperidine rings is 1. The third-order valence-corrected chi connectivity index (χ3v) is 4.34. The topological polar surface area (TPSA) is 105 Å². The number of hydrogen-bond donors (Lipinski definition) is 2. The second kappa shape index (κ2) is 7.19. The highest BCUT2D eigenvalue weighted by Crippen LogP contribution is 2.25. The molecule has 0 radical (unpaired) electrons. The van der Waals surface area contributed by atoms with E-state index in [1.165, 1.54) is 12.3 Å². The van der Waals surface area contributed by atoms with Crippen LogP contribution in [0.15, 0.2) is 24.4 Å². The molecule has 8 nitrogen and oxygen atoms in total. The molecule has 2 N–H and O–H groups in total. The maximum atomic E-state index is 12.1. The number of aromatic hydroxyl groups is 1. The Balaban J connectivity index is 1.56. The molecule has 3 rings (SSSR count). The fourth-order valence-electron chi connectivity index (χ4n) is 2.84. The molecule has 0 atom stereocenters. The smallest absolute Gasteiger partial charge is 0.410 e. The van der Waals surface area contributed by atoms with Crippen LogP contribution in [0.25, 0.3) is 11.0 Å². The Labute approximate surface area is 157 Å². The minimum absolute atomic E-state index is 0.0498. The van der Waals surface area contributed by atoms with Crippen LogP contribution in [0.4, 0.5) is 4.79 Å². The van der Waals surface area contributed by atoms with Crippen LogP contribution >= 0.6 is 0 Å². The van der Waals surface area contributed by atoms with E-state index in [-0.39, 0.29) is 24.3 Å². The van der Waals surface area contributed by atoms with Crippen LogP contribution in [0, 0.1) is 0 Å². The Morgan fingerprint density at radius 1 is 1.26 bits per heavy atom. The highest BCUT2D eigenvalue weighted by atomic mass is 16.6. The second-order valence-electron chi connectivity index (χ2n) is 7.86. The normalized spacial score (nSPS) is 17.0. The summed E-state index contributed by atoms with van der Waals surface area (Å²) in [6.07, 6.45) is 1.88. The molecule has 1 aliphatic rings. The quantitative estimate of drug-likeness (QED) is 0.849. The lowest BCUT2D eigenvalue weighted by atomic mass is 9.92. The van der Waals surface area contributed by atoms with Crippen molar-refractivity contribution in [3.8, 4) is 11.6 Å². The number of ether oxygens (including phenoxy) is 2. The highest BCUT2D eigenvalue weighted by Gasteiger charge is 2.36. The molecule has 8 heteroatoms. The van der Waals surface area contributed by atoms with E-state index < -0.39 is 11.2 Å². The number of aliphatic hydroxyl groups is 1. The van der Waals surface area contributed by atoms with Gasteiger partial charge in [0.1, 0.15) is 23.6 Å². The van der Waals surface area contributed by atoms with Gasteiger partial charge in [-0.3, -0.25) is 0 Å². The second-order valence-corrected chi connectivity index (χ2v) is 7.86. The number of fused-ring (bicyclic) bond motifs is 1. The first-order chi connectivity index (χ1) is 12.6. The van der Waals surface area contributed by atoms with E-state index in [0.29, 0.717) is 37.0 Å². The van der Waals surface area contributed by atoms with Gasteiger partial charge < -0.3 is 24.6 Å². The van der Waals surface area contributed by atoms with Crippen LogP contribution in [0.1, 0.15) is 33.6 Å². The van der Waals surface area contributed by atoms with Gasteiger partial charge in [-0.1, -0.05) is 0 Å². The number of aromatic nitrogens is 2. The van der Waals surface area contributed by atoms with Gasteiger partial charge in [0.25, 0.3) is 0 Å². The van der Waals surface area contributed by atoms with Crippen LogP contribution in [0.3, 0.4) is 0 Å². The summed E-state index contributed by atoms with van der Waals surface area (Å²) >= 11 is 0. The Morgan fingerprint density at radius 2 is 1.96 bits per heavy atom. The molecule has 2 aromatic rings. The maximum Gasteiger partial charge on any atom is 0.410 e. The SMILES string of the molecule is CC(C)(C)OC(=O)N1CCC(O)(COc2cnc3ccc(O)cc3n2)CC1. The molecule has 0 spiro atoms. The Bertz CT molecular complexity index is 826. The van der Waals surface area contributed by atoms with Gasteiger partial charge in [0, 0.05) is 19.2 Å². The first kappa shape index (κ1) is 19.2. The lowest BCUT2D eigenvalue weighted by Crippen LogP contribution is -2.50. The number of carbonyl (C=O) groups is 1. The number of carbonyl (C=O) groups excluding carboxylic acids is 1. The van der Waals surface area contributed by atoms with Crippen molar-refractivity contribution in [1.82, 2.24) is 14.9 Å². The van der Waals surface area contributed by atoms with Crippen molar-refractivity contribution in [2.75, 3.05) is 19.7 Å². The number of benzene rings is 1. The van der Waals surface area contributed by atoms with E-state index in [4.69, 9.17) is 9.47 Å². The van der Waals surface area contributed by atoms with Gasteiger partial charge in [0.05, 0.1) is 17.2 Å². The molecule has 0 bridgehead atoms. The minimum Gasteiger partial charge on any atom is -0.508 e. The maximum absolute atomic E-state index is 12.1. The first-order valence-corrected chi connectivity index (χ1v) is 8.92. The zero-order chi connectivity index (χ0) is 19.7. The van der Waals surface area contributed by atoms with Crippen molar-refractivity contribution in [2.45, 2.75) is 44.8 Å². The first-order valence-electron chi connectivity index (χ1n) is 8.92. The summed E-state index contributed by atoms with van der Waals surface area (Å²) in [4.78, 5) is 22.2. The molecule has 0 unspecified atom stereocenters. The van der Waals surface area contributed by atoms with Crippen molar-refractivity contribution in [3.63, 3.8) is 0 Å². The molecule has 1 aromatic heterocycles. The van der Waals surface area contributed by atoms with E-state index in [2.05, 4.69) is 9.97 Å². The summed E-state index contributed by atoms with van der Waals surface area (Å²) < 4.78 is 11.0. The molecule has 2 heterocycles. The summed E-state index contributed by atoms with van der Waals surface area (Å²) in [5, 5.41) is 20.3. The Kier molecular flexibility index (Phi) is 5.10. The largest absolute Gasteiger partial charge is 0.508 e. The molecule has 1 saturated heterocycles. The average Bonchev–Trinajstić information content (AvgIpc) is 2.59. The molecule has 27 heavy (non-hydrogen) atoms. The van der Waals surface area contributed by atoms with Crippen LogP contribution in [0.5, 0.6) is 11.6 Å². The van der Waals surface area contributed by atoms with Crippen molar-refractivity contribution in [1.29, 1.82) is 0 Å². The molecule has 0 saturated carbocycles. The van der Waals surface area contributed by atoms with Crippen LogP contribution in [-0.2, 0) is 4.74 Å². The summed E-state index contributed by atoms with van der Waals surface area (Å²) in [5.74, 6) is 0.373. The van der Waals surface area contributed by atoms with Gasteiger partial charge in [-0.25, -0.2) is 14.8 Å². The monoisotopic (exact) mass is 375 g/mol. The fraction of sp³-hybridized carbons (Fsp3) is 0.526. The predicted molar refractivity (Wildman–Crippen MR) is 98.7 cm³/mol. The van der Waals surface area contributed by atoms with Crippen LogP contribution in [-0.4, -0.2) is 62.1 Å². The van der Waals surface area contributed by atoms with Crippen LogP contribution in [0.2, 0.25) is 0 Å². The van der Waals surface area contributed by atoms with Gasteiger partial charge >= 0.3 is 6.09 Å². The van der Waals surface area contributed by atoms with Crippen molar-refractivity contribution in [2.24, 2.45) is 0 Å². The zero-order valence-corrected chi connectivity index (χ0v) is 15.8. The fourth-order valence-corrected chi connectivity index (χ4v) is 2.84. The third-order valence-electron chi connectivity index (χ3n) is 4.34. The summed E-state index contributed by atoms with van der Waals surface area (Å²) in [5.41, 5.74) is -0.436. The number of hydrogen-bond acceptors (Lipinski definition) is 7. The number of likely N-dealkylation sites (tertiary alicyclic amines) is 1. The van der Waals surface area contributed by atoms with Crippen molar-refractivity contribution in [3.05, 3.63) is 24.4 Å². The van der Waals surface area contributed by atoms with Crippen molar-refractivity contribution >= 4 is 17.1 Å². The molecule has 1 aliphatic heterocycles. The standard InChI is InChI=1S/C19H25N3O5/c1-18(2,3)27-17(24)22-8-6-19(25,7-9-22)12-26-16-11-20-14-5-4-13(23)10-15(14)21-16/h4-5,10-11,23,25H,6-9,12H2,1-3H3. The highest BCUT2D eigenvalue weighted by molar-refractivity contribution is 5.75. The number of phenols is 1. The van der Waals surface area contributed by atoms with Gasteiger partial charge in [0.2, 0.25) is 5.88 Å².